The maximum Gasteiger partial charge on any atom is 0.496 e. The Bertz CT molecular complexity index is 1170. The van der Waals surface area contributed by atoms with Crippen LogP contribution in [0.15, 0.2) is 54.7 Å². The van der Waals surface area contributed by atoms with E-state index in [0.29, 0.717) is 31.1 Å². The van der Waals surface area contributed by atoms with Crippen LogP contribution < -0.4 is 20.7 Å². The van der Waals surface area contributed by atoms with Crippen LogP contribution in [-0.2, 0) is 20.7 Å². The van der Waals surface area contributed by atoms with Gasteiger partial charge in [-0.2, -0.15) is 0 Å². The maximum atomic E-state index is 10.8. The van der Waals surface area contributed by atoms with Crippen molar-refractivity contribution in [2.75, 3.05) is 13.2 Å². The van der Waals surface area contributed by atoms with Crippen molar-refractivity contribution in [1.29, 1.82) is 0 Å². The minimum absolute atomic E-state index is 0.164. The van der Waals surface area contributed by atoms with Gasteiger partial charge in [0.15, 0.2) is 11.5 Å². The summed E-state index contributed by atoms with van der Waals surface area (Å²) >= 11 is 0. The van der Waals surface area contributed by atoms with Crippen molar-refractivity contribution < 1.29 is 28.3 Å². The van der Waals surface area contributed by atoms with Gasteiger partial charge in [-0.1, -0.05) is 30.3 Å². The van der Waals surface area contributed by atoms with Crippen molar-refractivity contribution in [3.63, 3.8) is 0 Å². The summed E-state index contributed by atoms with van der Waals surface area (Å²) in [5, 5.41) is 0.776. The van der Waals surface area contributed by atoms with Crippen LogP contribution >= 0.6 is 0 Å². The molecular weight excluding hydrogens is 447 g/mol. The molecule has 0 unspecified atom stereocenters. The third kappa shape index (κ3) is 5.69. The van der Waals surface area contributed by atoms with Gasteiger partial charge in [-0.05, 0) is 51.5 Å². The van der Waals surface area contributed by atoms with E-state index in [1.54, 1.807) is 6.20 Å². The van der Waals surface area contributed by atoms with E-state index in [4.69, 9.17) is 29.3 Å². The van der Waals surface area contributed by atoms with Crippen molar-refractivity contribution in [2.45, 2.75) is 51.9 Å². The van der Waals surface area contributed by atoms with E-state index in [-0.39, 0.29) is 6.61 Å². The number of pyridine rings is 1. The zero-order chi connectivity index (χ0) is 25.1. The number of amides is 1. The highest BCUT2D eigenvalue weighted by Gasteiger charge is 2.51. The highest BCUT2D eigenvalue weighted by molar-refractivity contribution is 6.62. The highest BCUT2D eigenvalue weighted by Crippen LogP contribution is 2.38. The van der Waals surface area contributed by atoms with Crippen LogP contribution in [0, 0.1) is 0 Å². The predicted octanol–water partition coefficient (Wildman–Crippen LogP) is 3.98. The van der Waals surface area contributed by atoms with Gasteiger partial charge in [-0.25, -0.2) is 4.79 Å². The Balaban J connectivity index is 1.63. The molecule has 3 aromatic rings. The van der Waals surface area contributed by atoms with Crippen LogP contribution in [-0.4, -0.2) is 42.6 Å². The number of fused-ring (bicyclic) bond motifs is 1. The smallest absolute Gasteiger partial charge is 0.489 e. The van der Waals surface area contributed by atoms with E-state index in [2.05, 4.69) is 4.98 Å². The molecule has 0 radical (unpaired) electrons. The second-order valence-electron chi connectivity index (χ2n) is 9.46. The summed E-state index contributed by atoms with van der Waals surface area (Å²) in [4.78, 5) is 15.5. The number of benzene rings is 2. The fraction of sp³-hybridized carbons (Fsp3) is 0.385. The first-order chi connectivity index (χ1) is 16.7. The number of nitrogens with two attached hydrogens (primary N) is 1. The molecule has 1 aliphatic rings. The number of carbonyl (C=O) groups is 1. The molecule has 2 aromatic carbocycles. The topological polar surface area (TPSA) is 102 Å². The lowest BCUT2D eigenvalue weighted by Crippen LogP contribution is -2.41. The van der Waals surface area contributed by atoms with Gasteiger partial charge in [-0.15, -0.1) is 0 Å². The summed E-state index contributed by atoms with van der Waals surface area (Å²) in [6, 6.07) is 15.6. The van der Waals surface area contributed by atoms with E-state index in [9.17, 15) is 4.79 Å². The van der Waals surface area contributed by atoms with Crippen molar-refractivity contribution in [1.82, 2.24) is 4.98 Å². The first-order valence-electron chi connectivity index (χ1n) is 11.7. The fourth-order valence-corrected chi connectivity index (χ4v) is 3.68. The Morgan fingerprint density at radius 1 is 1.00 bits per heavy atom. The van der Waals surface area contributed by atoms with Crippen molar-refractivity contribution in [3.05, 3.63) is 60.3 Å². The van der Waals surface area contributed by atoms with Gasteiger partial charge < -0.3 is 29.3 Å². The molecule has 0 bridgehead atoms. The van der Waals surface area contributed by atoms with Gasteiger partial charge in [0.2, 0.25) is 0 Å². The van der Waals surface area contributed by atoms with Crippen molar-refractivity contribution >= 4 is 29.6 Å². The summed E-state index contributed by atoms with van der Waals surface area (Å²) < 4.78 is 29.5. The molecule has 0 spiro atoms. The number of primary amides is 1. The molecule has 9 heteroatoms. The van der Waals surface area contributed by atoms with Crippen LogP contribution in [0.25, 0.3) is 10.9 Å². The molecule has 1 aliphatic heterocycles. The summed E-state index contributed by atoms with van der Waals surface area (Å²) in [7, 11) is -0.553. The molecule has 1 amide bonds. The largest absolute Gasteiger partial charge is 0.496 e. The van der Waals surface area contributed by atoms with E-state index < -0.39 is 24.4 Å². The molecule has 1 saturated heterocycles. The standard InChI is InChI=1S/C26H31BN2O6/c1-25(2)26(3,4)35-27(34-25)19-15-20-21(29-16-19)11-12-22(33-17-18-9-6-5-7-10-18)23(20)31-13-8-14-32-24(28)30/h5-7,9-12,15-16H,8,13-14,17H2,1-4H3,(H2,28,30). The predicted molar refractivity (Wildman–Crippen MR) is 134 cm³/mol. The number of ether oxygens (including phenoxy) is 3. The number of hydrogen-bond acceptors (Lipinski definition) is 7. The lowest BCUT2D eigenvalue weighted by Gasteiger charge is -2.32. The van der Waals surface area contributed by atoms with Gasteiger partial charge in [0.05, 0.1) is 29.9 Å². The van der Waals surface area contributed by atoms with Gasteiger partial charge in [0.1, 0.15) is 6.61 Å². The van der Waals surface area contributed by atoms with E-state index >= 15 is 0 Å². The van der Waals surface area contributed by atoms with E-state index in [1.807, 2.05) is 76.2 Å². The fourth-order valence-electron chi connectivity index (χ4n) is 3.68. The van der Waals surface area contributed by atoms with Gasteiger partial charge in [-0.3, -0.25) is 4.98 Å². The summed E-state index contributed by atoms with van der Waals surface area (Å²) in [5.41, 5.74) is 6.69. The Labute approximate surface area is 205 Å². The second kappa shape index (κ2) is 10.1. The van der Waals surface area contributed by atoms with E-state index in [0.717, 1.165) is 21.9 Å². The number of rotatable bonds is 9. The van der Waals surface area contributed by atoms with Gasteiger partial charge >= 0.3 is 13.2 Å². The molecule has 2 heterocycles. The molecule has 2 N–H and O–H groups in total. The first-order valence-corrected chi connectivity index (χ1v) is 11.7. The zero-order valence-electron chi connectivity index (χ0n) is 20.6. The summed E-state index contributed by atoms with van der Waals surface area (Å²) in [6.45, 7) is 8.91. The molecule has 1 aromatic heterocycles. The molecule has 8 nitrogen and oxygen atoms in total. The van der Waals surface area contributed by atoms with Gasteiger partial charge in [0.25, 0.3) is 0 Å². The quantitative estimate of drug-likeness (QED) is 0.367. The SMILES string of the molecule is CC1(C)OB(c2cnc3ccc(OCc4ccccc4)c(OCCCOC(N)=O)c3c2)OC1(C)C. The zero-order valence-corrected chi connectivity index (χ0v) is 20.6. The van der Waals surface area contributed by atoms with Crippen LogP contribution in [0.2, 0.25) is 0 Å². The van der Waals surface area contributed by atoms with Crippen LogP contribution in [0.3, 0.4) is 0 Å². The molecule has 1 fully saturated rings. The normalized spacial score (nSPS) is 16.3. The van der Waals surface area contributed by atoms with Crippen LogP contribution in [0.1, 0.15) is 39.7 Å². The number of aromatic nitrogens is 1. The first kappa shape index (κ1) is 24.8. The second-order valence-corrected chi connectivity index (χ2v) is 9.46. The Hall–Kier alpha value is -3.30. The van der Waals surface area contributed by atoms with Crippen molar-refractivity contribution in [3.8, 4) is 11.5 Å². The third-order valence-corrected chi connectivity index (χ3v) is 6.34. The molecule has 0 saturated carbocycles. The Kier molecular flexibility index (Phi) is 7.19. The van der Waals surface area contributed by atoms with E-state index in [1.165, 1.54) is 0 Å². The lowest BCUT2D eigenvalue weighted by atomic mass is 9.79. The van der Waals surface area contributed by atoms with Crippen LogP contribution in [0.5, 0.6) is 11.5 Å². The van der Waals surface area contributed by atoms with Crippen molar-refractivity contribution in [2.24, 2.45) is 5.73 Å². The number of nitrogens with zero attached hydrogens (tertiary/aromatic N) is 1. The summed E-state index contributed by atoms with van der Waals surface area (Å²) in [6.07, 6.45) is 1.43. The lowest BCUT2D eigenvalue weighted by molar-refractivity contribution is 0.00578. The highest BCUT2D eigenvalue weighted by atomic mass is 16.7. The molecule has 184 valence electrons. The molecule has 35 heavy (non-hydrogen) atoms. The van der Waals surface area contributed by atoms with Crippen LogP contribution in [0.4, 0.5) is 4.79 Å². The molecule has 0 atom stereocenters. The number of carbonyl (C=O) groups excluding carboxylic acids is 1. The monoisotopic (exact) mass is 478 g/mol. The average Bonchev–Trinajstić information content (AvgIpc) is 3.04. The molecular formula is C26H31BN2O6. The third-order valence-electron chi connectivity index (χ3n) is 6.34. The average molecular weight is 478 g/mol. The minimum Gasteiger partial charge on any atom is -0.489 e. The molecule has 4 rings (SSSR count). The Morgan fingerprint density at radius 3 is 2.40 bits per heavy atom. The number of hydrogen-bond donors (Lipinski definition) is 1. The Morgan fingerprint density at radius 2 is 1.71 bits per heavy atom. The summed E-state index contributed by atoms with van der Waals surface area (Å²) in [5.74, 6) is 1.15. The minimum atomic E-state index is -0.807. The van der Waals surface area contributed by atoms with Gasteiger partial charge in [0, 0.05) is 23.5 Å². The maximum absolute atomic E-state index is 10.8. The molecule has 0 aliphatic carbocycles.